The Bertz CT molecular complexity index is 694. The standard InChI is InChI=1S/C16H19ClN4OS.ClH/c1-11-10-23-16(19-11)20-15(22)9-21-7-6-18-8-14(21)12-4-2-3-5-13(12)17;/h2-5,10,14,18H,6-9H2,1H3,(H,19,20,22);1H. The van der Waals surface area contributed by atoms with Gasteiger partial charge in [0.05, 0.1) is 12.2 Å². The minimum atomic E-state index is -0.0432. The number of anilines is 1. The summed E-state index contributed by atoms with van der Waals surface area (Å²) in [5.74, 6) is -0.0432. The van der Waals surface area contributed by atoms with Gasteiger partial charge in [-0.2, -0.15) is 0 Å². The Labute approximate surface area is 156 Å². The second kappa shape index (κ2) is 8.78. The van der Waals surface area contributed by atoms with Gasteiger partial charge in [-0.25, -0.2) is 4.98 Å². The molecule has 1 aliphatic rings. The lowest BCUT2D eigenvalue weighted by atomic mass is 10.0. The van der Waals surface area contributed by atoms with E-state index >= 15 is 0 Å². The molecule has 1 unspecified atom stereocenters. The second-order valence-electron chi connectivity index (χ2n) is 5.55. The number of thiazole rings is 1. The number of aromatic nitrogens is 1. The van der Waals surface area contributed by atoms with Crippen molar-refractivity contribution in [2.75, 3.05) is 31.5 Å². The highest BCUT2D eigenvalue weighted by Crippen LogP contribution is 2.28. The predicted octanol–water partition coefficient (Wildman–Crippen LogP) is 3.11. The number of rotatable bonds is 4. The van der Waals surface area contributed by atoms with Gasteiger partial charge in [-0.3, -0.25) is 9.69 Å². The number of carbonyl (C=O) groups excluding carboxylic acids is 1. The van der Waals surface area contributed by atoms with Gasteiger partial charge in [0.15, 0.2) is 5.13 Å². The normalized spacial score (nSPS) is 18.0. The van der Waals surface area contributed by atoms with Gasteiger partial charge in [0, 0.05) is 36.1 Å². The molecule has 1 fully saturated rings. The molecule has 2 N–H and O–H groups in total. The molecule has 1 saturated heterocycles. The van der Waals surface area contributed by atoms with E-state index < -0.39 is 0 Å². The molecule has 0 aliphatic carbocycles. The van der Waals surface area contributed by atoms with Crippen LogP contribution in [0.1, 0.15) is 17.3 Å². The van der Waals surface area contributed by atoms with E-state index in [4.69, 9.17) is 11.6 Å². The number of hydrogen-bond donors (Lipinski definition) is 2. The zero-order chi connectivity index (χ0) is 16.2. The summed E-state index contributed by atoms with van der Waals surface area (Å²) in [4.78, 5) is 18.7. The maximum atomic E-state index is 12.3. The van der Waals surface area contributed by atoms with E-state index in [-0.39, 0.29) is 24.4 Å². The molecule has 3 rings (SSSR count). The summed E-state index contributed by atoms with van der Waals surface area (Å²) in [7, 11) is 0. The summed E-state index contributed by atoms with van der Waals surface area (Å²) < 4.78 is 0. The van der Waals surface area contributed by atoms with Gasteiger partial charge in [-0.15, -0.1) is 23.7 Å². The van der Waals surface area contributed by atoms with Gasteiger partial charge >= 0.3 is 0 Å². The average Bonchev–Trinajstić information content (AvgIpc) is 2.93. The first kappa shape index (κ1) is 19.1. The van der Waals surface area contributed by atoms with Crippen molar-refractivity contribution in [1.29, 1.82) is 0 Å². The Kier molecular flexibility index (Phi) is 7.01. The van der Waals surface area contributed by atoms with Crippen LogP contribution in [0, 0.1) is 6.92 Å². The second-order valence-corrected chi connectivity index (χ2v) is 6.82. The molecule has 1 aliphatic heterocycles. The van der Waals surface area contributed by atoms with Crippen LogP contribution in [0.3, 0.4) is 0 Å². The molecule has 0 saturated carbocycles. The van der Waals surface area contributed by atoms with Crippen molar-refractivity contribution in [2.45, 2.75) is 13.0 Å². The molecule has 5 nitrogen and oxygen atoms in total. The molecule has 130 valence electrons. The number of amides is 1. The summed E-state index contributed by atoms with van der Waals surface area (Å²) in [6.07, 6.45) is 0. The molecule has 24 heavy (non-hydrogen) atoms. The van der Waals surface area contributed by atoms with Crippen LogP contribution < -0.4 is 10.6 Å². The fourth-order valence-electron chi connectivity index (χ4n) is 2.74. The number of hydrogen-bond acceptors (Lipinski definition) is 5. The quantitative estimate of drug-likeness (QED) is 0.847. The van der Waals surface area contributed by atoms with Gasteiger partial charge < -0.3 is 10.6 Å². The van der Waals surface area contributed by atoms with Gasteiger partial charge in [-0.1, -0.05) is 29.8 Å². The Balaban J connectivity index is 0.00000208. The number of aryl methyl sites for hydroxylation is 1. The summed E-state index contributed by atoms with van der Waals surface area (Å²) in [6.45, 7) is 4.70. The summed E-state index contributed by atoms with van der Waals surface area (Å²) in [6, 6.07) is 7.91. The van der Waals surface area contributed by atoms with E-state index in [9.17, 15) is 4.79 Å². The largest absolute Gasteiger partial charge is 0.314 e. The first-order valence-electron chi connectivity index (χ1n) is 7.54. The molecule has 1 aromatic heterocycles. The van der Waals surface area contributed by atoms with E-state index in [1.54, 1.807) is 0 Å². The third-order valence-corrected chi connectivity index (χ3v) is 5.05. The third-order valence-electron chi connectivity index (χ3n) is 3.83. The molecule has 8 heteroatoms. The van der Waals surface area contributed by atoms with Crippen molar-refractivity contribution >= 4 is 46.4 Å². The minimum absolute atomic E-state index is 0. The number of benzene rings is 1. The average molecular weight is 387 g/mol. The van der Waals surface area contributed by atoms with Crippen molar-refractivity contribution in [2.24, 2.45) is 0 Å². The highest BCUT2D eigenvalue weighted by Gasteiger charge is 2.27. The molecule has 1 amide bonds. The van der Waals surface area contributed by atoms with Crippen molar-refractivity contribution in [3.05, 3.63) is 45.9 Å². The highest BCUT2D eigenvalue weighted by atomic mass is 35.5. The van der Waals surface area contributed by atoms with Crippen LogP contribution in [0.2, 0.25) is 5.02 Å². The number of piperazine rings is 1. The lowest BCUT2D eigenvalue weighted by Gasteiger charge is -2.36. The van der Waals surface area contributed by atoms with Gasteiger partial charge in [0.25, 0.3) is 0 Å². The SMILES string of the molecule is Cc1csc(NC(=O)CN2CCNCC2c2ccccc2Cl)n1.Cl. The maximum Gasteiger partial charge on any atom is 0.240 e. The van der Waals surface area contributed by atoms with E-state index in [0.717, 1.165) is 35.9 Å². The van der Waals surface area contributed by atoms with Crippen LogP contribution >= 0.6 is 35.3 Å². The number of nitrogens with zero attached hydrogens (tertiary/aromatic N) is 2. The fraction of sp³-hybridized carbons (Fsp3) is 0.375. The van der Waals surface area contributed by atoms with E-state index in [2.05, 4.69) is 20.5 Å². The minimum Gasteiger partial charge on any atom is -0.314 e. The van der Waals surface area contributed by atoms with Crippen molar-refractivity contribution in [3.8, 4) is 0 Å². The Morgan fingerprint density at radius 1 is 1.50 bits per heavy atom. The lowest BCUT2D eigenvalue weighted by molar-refractivity contribution is -0.118. The predicted molar refractivity (Wildman–Crippen MR) is 101 cm³/mol. The van der Waals surface area contributed by atoms with Crippen LogP contribution in [0.5, 0.6) is 0 Å². The molecule has 2 heterocycles. The monoisotopic (exact) mass is 386 g/mol. The zero-order valence-corrected chi connectivity index (χ0v) is 15.7. The van der Waals surface area contributed by atoms with Gasteiger partial charge in [0.1, 0.15) is 0 Å². The summed E-state index contributed by atoms with van der Waals surface area (Å²) in [5.41, 5.74) is 1.97. The van der Waals surface area contributed by atoms with E-state index in [1.165, 1.54) is 11.3 Å². The zero-order valence-electron chi connectivity index (χ0n) is 13.3. The van der Waals surface area contributed by atoms with Crippen LogP contribution in [-0.2, 0) is 4.79 Å². The molecule has 1 aromatic carbocycles. The Morgan fingerprint density at radius 3 is 3.00 bits per heavy atom. The van der Waals surface area contributed by atoms with Gasteiger partial charge in [0.2, 0.25) is 5.91 Å². The topological polar surface area (TPSA) is 57.3 Å². The molecule has 0 spiro atoms. The number of halogens is 2. The molecule has 0 bridgehead atoms. The van der Waals surface area contributed by atoms with Crippen molar-refractivity contribution < 1.29 is 4.79 Å². The number of carbonyl (C=O) groups is 1. The Morgan fingerprint density at radius 2 is 2.29 bits per heavy atom. The van der Waals surface area contributed by atoms with Crippen LogP contribution in [0.15, 0.2) is 29.6 Å². The third kappa shape index (κ3) is 4.68. The highest BCUT2D eigenvalue weighted by molar-refractivity contribution is 7.13. The van der Waals surface area contributed by atoms with E-state index in [0.29, 0.717) is 11.7 Å². The van der Waals surface area contributed by atoms with Gasteiger partial charge in [-0.05, 0) is 18.6 Å². The van der Waals surface area contributed by atoms with Crippen LogP contribution in [0.4, 0.5) is 5.13 Å². The molecular weight excluding hydrogens is 367 g/mol. The number of nitrogens with one attached hydrogen (secondary N) is 2. The van der Waals surface area contributed by atoms with Crippen LogP contribution in [0.25, 0.3) is 0 Å². The first-order valence-corrected chi connectivity index (χ1v) is 8.80. The smallest absolute Gasteiger partial charge is 0.240 e. The fourth-order valence-corrected chi connectivity index (χ4v) is 3.71. The molecule has 0 radical (unpaired) electrons. The maximum absolute atomic E-state index is 12.3. The molecular formula is C16H20Cl2N4OS. The lowest BCUT2D eigenvalue weighted by Crippen LogP contribution is -2.48. The first-order chi connectivity index (χ1) is 11.1. The molecule has 2 aromatic rings. The van der Waals surface area contributed by atoms with Crippen molar-refractivity contribution in [1.82, 2.24) is 15.2 Å². The van der Waals surface area contributed by atoms with Crippen LogP contribution in [-0.4, -0.2) is 42.0 Å². The summed E-state index contributed by atoms with van der Waals surface area (Å²) in [5, 5.41) is 9.56. The van der Waals surface area contributed by atoms with Crippen molar-refractivity contribution in [3.63, 3.8) is 0 Å². The van der Waals surface area contributed by atoms with E-state index in [1.807, 2.05) is 36.6 Å². The molecule has 1 atom stereocenters. The summed E-state index contributed by atoms with van der Waals surface area (Å²) >= 11 is 7.77. The Hall–Kier alpha value is -1.18.